The molecule has 29 heavy (non-hydrogen) atoms. The summed E-state index contributed by atoms with van der Waals surface area (Å²) in [5.41, 5.74) is -2.75. The molecule has 8 heteroatoms. The number of hydrogen-bond acceptors (Lipinski definition) is 4. The van der Waals surface area contributed by atoms with Crippen molar-refractivity contribution in [1.82, 2.24) is 0 Å². The number of carbonyl (C=O) groups is 4. The van der Waals surface area contributed by atoms with Crippen LogP contribution < -0.4 is 0 Å². The zero-order valence-corrected chi connectivity index (χ0v) is 17.8. The highest BCUT2D eigenvalue weighted by atomic mass is 16.4. The molecule has 166 valence electrons. The van der Waals surface area contributed by atoms with Crippen LogP contribution in [0.4, 0.5) is 0 Å². The van der Waals surface area contributed by atoms with Crippen LogP contribution in [0.5, 0.6) is 0 Å². The van der Waals surface area contributed by atoms with Gasteiger partial charge in [-0.2, -0.15) is 0 Å². The summed E-state index contributed by atoms with van der Waals surface area (Å²) >= 11 is 0. The van der Waals surface area contributed by atoms with Crippen LogP contribution in [0.3, 0.4) is 0 Å². The van der Waals surface area contributed by atoms with Crippen LogP contribution in [0.25, 0.3) is 0 Å². The molecular formula is C21H34O8. The number of hydrogen-bond donors (Lipinski definition) is 4. The van der Waals surface area contributed by atoms with Gasteiger partial charge in [0.05, 0.1) is 17.4 Å². The van der Waals surface area contributed by atoms with Gasteiger partial charge in [-0.15, -0.1) is 0 Å². The molecule has 0 aromatic heterocycles. The quantitative estimate of drug-likeness (QED) is 0.314. The maximum absolute atomic E-state index is 12.5. The van der Waals surface area contributed by atoms with E-state index < -0.39 is 59.0 Å². The highest BCUT2D eigenvalue weighted by molar-refractivity contribution is 5.99. The fourth-order valence-electron chi connectivity index (χ4n) is 4.02. The van der Waals surface area contributed by atoms with Crippen molar-refractivity contribution in [3.05, 3.63) is 11.6 Å². The van der Waals surface area contributed by atoms with Gasteiger partial charge in [0.2, 0.25) is 0 Å². The van der Waals surface area contributed by atoms with Crippen molar-refractivity contribution in [1.29, 1.82) is 0 Å². The number of carboxylic acid groups (broad SMARTS) is 4. The first-order valence-corrected chi connectivity index (χ1v) is 10.0. The molecule has 4 atom stereocenters. The summed E-state index contributed by atoms with van der Waals surface area (Å²) in [6.07, 6.45) is 2.02. The Balaban J connectivity index is 6.81. The Morgan fingerprint density at radius 2 is 1.41 bits per heavy atom. The van der Waals surface area contributed by atoms with Gasteiger partial charge in [-0.3, -0.25) is 14.4 Å². The van der Waals surface area contributed by atoms with Crippen molar-refractivity contribution < 1.29 is 39.6 Å². The van der Waals surface area contributed by atoms with Gasteiger partial charge in [0.1, 0.15) is 5.41 Å². The first-order valence-electron chi connectivity index (χ1n) is 10.0. The van der Waals surface area contributed by atoms with Crippen molar-refractivity contribution in [2.24, 2.45) is 29.1 Å². The van der Waals surface area contributed by atoms with Crippen LogP contribution in [0, 0.1) is 29.1 Å². The second-order valence-corrected chi connectivity index (χ2v) is 7.63. The Morgan fingerprint density at radius 3 is 1.69 bits per heavy atom. The summed E-state index contributed by atoms with van der Waals surface area (Å²) in [6, 6.07) is 0. The lowest BCUT2D eigenvalue weighted by Crippen LogP contribution is -2.49. The summed E-state index contributed by atoms with van der Waals surface area (Å²) in [4.78, 5) is 48.5. The normalized spacial score (nSPS) is 17.2. The molecule has 0 amide bonds. The van der Waals surface area contributed by atoms with E-state index in [1.54, 1.807) is 13.8 Å². The molecule has 0 saturated carbocycles. The van der Waals surface area contributed by atoms with E-state index in [1.807, 2.05) is 13.8 Å². The summed E-state index contributed by atoms with van der Waals surface area (Å²) in [5.74, 6) is -9.21. The first-order chi connectivity index (χ1) is 13.4. The molecule has 0 rings (SSSR count). The molecule has 0 saturated heterocycles. The van der Waals surface area contributed by atoms with Crippen LogP contribution in [-0.2, 0) is 19.2 Å². The van der Waals surface area contributed by atoms with Gasteiger partial charge in [0.15, 0.2) is 0 Å². The molecule has 0 aromatic rings. The van der Waals surface area contributed by atoms with E-state index in [4.69, 9.17) is 0 Å². The van der Waals surface area contributed by atoms with Gasteiger partial charge in [-0.25, -0.2) is 4.79 Å². The molecule has 4 unspecified atom stereocenters. The minimum absolute atomic E-state index is 0.189. The topological polar surface area (TPSA) is 149 Å². The van der Waals surface area contributed by atoms with Crippen LogP contribution in [0.15, 0.2) is 11.6 Å². The third kappa shape index (κ3) is 6.05. The fraction of sp³-hybridized carbons (Fsp3) is 0.714. The van der Waals surface area contributed by atoms with Gasteiger partial charge in [0, 0.05) is 0 Å². The first kappa shape index (κ1) is 26.6. The average Bonchev–Trinajstić information content (AvgIpc) is 2.64. The van der Waals surface area contributed by atoms with Gasteiger partial charge < -0.3 is 20.4 Å². The zero-order valence-electron chi connectivity index (χ0n) is 17.8. The van der Waals surface area contributed by atoms with E-state index in [9.17, 15) is 39.6 Å². The maximum Gasteiger partial charge on any atom is 0.332 e. The van der Waals surface area contributed by atoms with Gasteiger partial charge in [0.25, 0.3) is 0 Å². The van der Waals surface area contributed by atoms with Crippen molar-refractivity contribution in [3.8, 4) is 0 Å². The molecule has 0 aromatic carbocycles. The molecule has 0 aliphatic rings. The number of aliphatic carboxylic acids is 4. The third-order valence-corrected chi connectivity index (χ3v) is 6.18. The molecule has 0 aliphatic heterocycles. The van der Waals surface area contributed by atoms with E-state index in [0.717, 1.165) is 6.08 Å². The lowest BCUT2D eigenvalue weighted by Gasteiger charge is -2.39. The molecular weight excluding hydrogens is 380 g/mol. The van der Waals surface area contributed by atoms with Crippen molar-refractivity contribution in [3.63, 3.8) is 0 Å². The minimum Gasteiger partial charge on any atom is -0.481 e. The van der Waals surface area contributed by atoms with Crippen LogP contribution in [-0.4, -0.2) is 44.3 Å². The molecule has 0 heterocycles. The SMILES string of the molecule is CC=C(C(=O)O)C(CC(CC)CC)(C(=O)O)C(CC(C(=O)O)C(C)CC)C(=O)O. The second kappa shape index (κ2) is 11.6. The summed E-state index contributed by atoms with van der Waals surface area (Å²) in [7, 11) is 0. The predicted molar refractivity (Wildman–Crippen MR) is 106 cm³/mol. The molecule has 0 fully saturated rings. The molecule has 0 bridgehead atoms. The standard InChI is InChI=1S/C21H34O8/c1-6-12(5)14(17(22)23)10-16(19(26)27)21(20(28)29,11-13(7-2)8-3)15(9-4)18(24)25/h9,12-14,16H,6-8,10-11H2,1-5H3,(H,22,23)(H,24,25)(H,26,27)(H,28,29). The van der Waals surface area contributed by atoms with E-state index >= 15 is 0 Å². The van der Waals surface area contributed by atoms with Gasteiger partial charge >= 0.3 is 23.9 Å². The summed E-state index contributed by atoms with van der Waals surface area (Å²) < 4.78 is 0. The Kier molecular flexibility index (Phi) is 10.6. The molecule has 0 spiro atoms. The highest BCUT2D eigenvalue weighted by Gasteiger charge is 2.56. The minimum atomic E-state index is -2.23. The second-order valence-electron chi connectivity index (χ2n) is 7.63. The monoisotopic (exact) mass is 414 g/mol. The Morgan fingerprint density at radius 1 is 0.897 bits per heavy atom. The lowest BCUT2D eigenvalue weighted by atomic mass is 9.61. The van der Waals surface area contributed by atoms with E-state index in [2.05, 4.69) is 0 Å². The summed E-state index contributed by atoms with van der Waals surface area (Å²) in [6.45, 7) is 8.43. The smallest absolute Gasteiger partial charge is 0.332 e. The number of carboxylic acids is 4. The van der Waals surface area contributed by atoms with E-state index in [0.29, 0.717) is 19.3 Å². The highest BCUT2D eigenvalue weighted by Crippen LogP contribution is 2.47. The molecule has 4 N–H and O–H groups in total. The predicted octanol–water partition coefficient (Wildman–Crippen LogP) is 3.75. The van der Waals surface area contributed by atoms with Crippen molar-refractivity contribution in [2.45, 2.75) is 66.7 Å². The number of allylic oxidation sites excluding steroid dienone is 1. The third-order valence-electron chi connectivity index (χ3n) is 6.18. The average molecular weight is 414 g/mol. The van der Waals surface area contributed by atoms with E-state index in [1.165, 1.54) is 6.92 Å². The molecule has 0 radical (unpaired) electrons. The zero-order chi connectivity index (χ0) is 22.9. The van der Waals surface area contributed by atoms with Gasteiger partial charge in [-0.05, 0) is 31.6 Å². The van der Waals surface area contributed by atoms with Crippen molar-refractivity contribution in [2.75, 3.05) is 0 Å². The largest absolute Gasteiger partial charge is 0.481 e. The Hall–Kier alpha value is -2.38. The Bertz CT molecular complexity index is 635. The lowest BCUT2D eigenvalue weighted by molar-refractivity contribution is -0.165. The molecule has 0 aliphatic carbocycles. The maximum atomic E-state index is 12.5. The molecule has 8 nitrogen and oxygen atoms in total. The fourth-order valence-corrected chi connectivity index (χ4v) is 4.02. The summed E-state index contributed by atoms with van der Waals surface area (Å²) in [5, 5.41) is 39.4. The Labute approximate surface area is 171 Å². The number of rotatable bonds is 14. The van der Waals surface area contributed by atoms with Crippen molar-refractivity contribution >= 4 is 23.9 Å². The van der Waals surface area contributed by atoms with Crippen LogP contribution in [0.1, 0.15) is 66.7 Å². The van der Waals surface area contributed by atoms with E-state index in [-0.39, 0.29) is 12.3 Å². The van der Waals surface area contributed by atoms with Gasteiger partial charge in [-0.1, -0.05) is 53.0 Å². The van der Waals surface area contributed by atoms with Crippen LogP contribution in [0.2, 0.25) is 0 Å². The van der Waals surface area contributed by atoms with Crippen LogP contribution >= 0.6 is 0 Å².